The Labute approximate surface area is 166 Å². The molecule has 1 aliphatic heterocycles. The van der Waals surface area contributed by atoms with Gasteiger partial charge in [0.05, 0.1) is 16.4 Å². The predicted octanol–water partition coefficient (Wildman–Crippen LogP) is 4.32. The summed E-state index contributed by atoms with van der Waals surface area (Å²) in [5, 5.41) is 20.8. The number of ether oxygens (including phenoxy) is 1. The molecule has 0 bridgehead atoms. The zero-order valence-electron chi connectivity index (χ0n) is 15.6. The number of carbonyl (C=O) groups excluding carboxylic acids is 2. The highest BCUT2D eigenvalue weighted by atomic mass is 32.2. The van der Waals surface area contributed by atoms with E-state index in [0.29, 0.717) is 18.0 Å². The minimum absolute atomic E-state index is 0.0376. The summed E-state index contributed by atoms with van der Waals surface area (Å²) in [7, 11) is 0. The molecule has 9 heteroatoms. The van der Waals surface area contributed by atoms with Crippen LogP contribution in [0.5, 0.6) is 11.5 Å². The van der Waals surface area contributed by atoms with E-state index >= 15 is 0 Å². The van der Waals surface area contributed by atoms with Crippen LogP contribution in [0.15, 0.2) is 17.0 Å². The second-order valence-electron chi connectivity index (χ2n) is 6.87. The highest BCUT2D eigenvalue weighted by molar-refractivity contribution is 8.18. The summed E-state index contributed by atoms with van der Waals surface area (Å²) in [6, 6.07) is 2.58. The number of carbonyl (C=O) groups is 2. The number of imide groups is 1. The quantitative estimate of drug-likeness (QED) is 0.426. The fourth-order valence-electron chi connectivity index (χ4n) is 3.54. The Kier molecular flexibility index (Phi) is 6.23. The Balaban J connectivity index is 1.85. The summed E-state index contributed by atoms with van der Waals surface area (Å²) in [6.07, 6.45) is 6.90. The normalized spacial score (nSPS) is 19.5. The van der Waals surface area contributed by atoms with Gasteiger partial charge in [-0.05, 0) is 55.2 Å². The van der Waals surface area contributed by atoms with Crippen LogP contribution >= 0.6 is 11.8 Å². The lowest BCUT2D eigenvalue weighted by Gasteiger charge is -2.25. The van der Waals surface area contributed by atoms with Gasteiger partial charge in [0.2, 0.25) is 5.75 Å². The molecule has 2 aliphatic rings. The number of thioether (sulfide) groups is 1. The van der Waals surface area contributed by atoms with Gasteiger partial charge in [0.1, 0.15) is 0 Å². The standard InChI is InChI=1S/C19H22N2O6S/c1-2-27-15-9-13(8-14(17(15)22)21(25)26)10-16-18(23)20(19(24)28-16)11-12-6-4-3-5-7-12/h8-10,12,22H,2-7,11H2,1H3/b16-10+. The van der Waals surface area contributed by atoms with Crippen molar-refractivity contribution < 1.29 is 24.4 Å². The molecular formula is C19H22N2O6S. The Morgan fingerprint density at radius 2 is 2.04 bits per heavy atom. The molecule has 0 spiro atoms. The van der Waals surface area contributed by atoms with Crippen LogP contribution in [0.4, 0.5) is 10.5 Å². The van der Waals surface area contributed by atoms with Gasteiger partial charge in [-0.25, -0.2) is 0 Å². The van der Waals surface area contributed by atoms with Gasteiger partial charge in [-0.1, -0.05) is 19.3 Å². The Morgan fingerprint density at radius 1 is 1.32 bits per heavy atom. The van der Waals surface area contributed by atoms with E-state index in [0.717, 1.165) is 43.5 Å². The van der Waals surface area contributed by atoms with E-state index in [1.165, 1.54) is 23.5 Å². The van der Waals surface area contributed by atoms with Crippen molar-refractivity contribution >= 4 is 34.7 Å². The third-order valence-corrected chi connectivity index (χ3v) is 5.82. The molecule has 0 atom stereocenters. The molecule has 8 nitrogen and oxygen atoms in total. The van der Waals surface area contributed by atoms with Gasteiger partial charge in [0.25, 0.3) is 11.1 Å². The number of hydrogen-bond donors (Lipinski definition) is 1. The first-order valence-electron chi connectivity index (χ1n) is 9.30. The van der Waals surface area contributed by atoms with E-state index in [2.05, 4.69) is 0 Å². The third-order valence-electron chi connectivity index (χ3n) is 4.91. The first-order chi connectivity index (χ1) is 13.4. The topological polar surface area (TPSA) is 110 Å². The molecule has 150 valence electrons. The number of phenols is 1. The molecule has 1 N–H and O–H groups in total. The van der Waals surface area contributed by atoms with Crippen molar-refractivity contribution in [1.82, 2.24) is 4.90 Å². The van der Waals surface area contributed by atoms with Crippen molar-refractivity contribution in [2.75, 3.05) is 13.2 Å². The van der Waals surface area contributed by atoms with Crippen LogP contribution in [0, 0.1) is 16.0 Å². The van der Waals surface area contributed by atoms with E-state index in [1.807, 2.05) is 0 Å². The molecule has 0 aromatic heterocycles. The molecule has 1 heterocycles. The van der Waals surface area contributed by atoms with E-state index in [9.17, 15) is 24.8 Å². The van der Waals surface area contributed by atoms with Crippen LogP contribution in [-0.2, 0) is 4.79 Å². The average Bonchev–Trinajstić information content (AvgIpc) is 2.92. The molecule has 2 fully saturated rings. The Bertz CT molecular complexity index is 832. The first-order valence-corrected chi connectivity index (χ1v) is 10.1. The molecule has 28 heavy (non-hydrogen) atoms. The maximum absolute atomic E-state index is 12.7. The Morgan fingerprint density at radius 3 is 2.68 bits per heavy atom. The second-order valence-corrected chi connectivity index (χ2v) is 7.87. The van der Waals surface area contributed by atoms with Crippen molar-refractivity contribution in [1.29, 1.82) is 0 Å². The van der Waals surface area contributed by atoms with Crippen LogP contribution in [-0.4, -0.2) is 39.2 Å². The highest BCUT2D eigenvalue weighted by Gasteiger charge is 2.36. The summed E-state index contributed by atoms with van der Waals surface area (Å²) < 4.78 is 5.25. The van der Waals surface area contributed by atoms with Gasteiger partial charge in [-0.3, -0.25) is 24.6 Å². The molecule has 1 aliphatic carbocycles. The Hall–Kier alpha value is -2.55. The zero-order chi connectivity index (χ0) is 20.3. The van der Waals surface area contributed by atoms with Gasteiger partial charge < -0.3 is 9.84 Å². The maximum Gasteiger partial charge on any atom is 0.315 e. The van der Waals surface area contributed by atoms with Crippen LogP contribution in [0.25, 0.3) is 6.08 Å². The molecule has 1 saturated carbocycles. The van der Waals surface area contributed by atoms with Gasteiger partial charge >= 0.3 is 5.69 Å². The van der Waals surface area contributed by atoms with Crippen LogP contribution in [0.2, 0.25) is 0 Å². The van der Waals surface area contributed by atoms with Crippen molar-refractivity contribution in [3.8, 4) is 11.5 Å². The highest BCUT2D eigenvalue weighted by Crippen LogP contribution is 2.40. The molecule has 1 saturated heterocycles. The summed E-state index contributed by atoms with van der Waals surface area (Å²) in [6.45, 7) is 2.32. The molecular weight excluding hydrogens is 384 g/mol. The molecule has 2 amide bonds. The zero-order valence-corrected chi connectivity index (χ0v) is 16.4. The minimum Gasteiger partial charge on any atom is -0.500 e. The monoisotopic (exact) mass is 406 g/mol. The van der Waals surface area contributed by atoms with E-state index < -0.39 is 16.4 Å². The van der Waals surface area contributed by atoms with Gasteiger partial charge in [-0.15, -0.1) is 0 Å². The lowest BCUT2D eigenvalue weighted by molar-refractivity contribution is -0.386. The van der Waals surface area contributed by atoms with Crippen LogP contribution in [0.3, 0.4) is 0 Å². The number of aromatic hydroxyl groups is 1. The summed E-state index contributed by atoms with van der Waals surface area (Å²) in [4.78, 5) is 37.0. The van der Waals surface area contributed by atoms with E-state index in [4.69, 9.17) is 4.74 Å². The SMILES string of the molecule is CCOc1cc(/C=C2/SC(=O)N(CC3CCCCC3)C2=O)cc([N+](=O)[O-])c1O. The van der Waals surface area contributed by atoms with Crippen molar-refractivity contribution in [2.24, 2.45) is 5.92 Å². The molecule has 0 radical (unpaired) electrons. The fraction of sp³-hybridized carbons (Fsp3) is 0.474. The van der Waals surface area contributed by atoms with Crippen molar-refractivity contribution in [3.63, 3.8) is 0 Å². The van der Waals surface area contributed by atoms with Crippen LogP contribution < -0.4 is 4.74 Å². The number of phenolic OH excluding ortho intramolecular Hbond substituents is 1. The average molecular weight is 406 g/mol. The number of hydrogen-bond acceptors (Lipinski definition) is 7. The predicted molar refractivity (Wildman–Crippen MR) is 105 cm³/mol. The summed E-state index contributed by atoms with van der Waals surface area (Å²) in [5.74, 6) is -0.644. The number of rotatable bonds is 6. The fourth-order valence-corrected chi connectivity index (χ4v) is 4.39. The van der Waals surface area contributed by atoms with Gasteiger partial charge in [0.15, 0.2) is 5.75 Å². The van der Waals surface area contributed by atoms with E-state index in [-0.39, 0.29) is 28.4 Å². The number of benzene rings is 1. The summed E-state index contributed by atoms with van der Waals surface area (Å²) >= 11 is 0.828. The molecule has 0 unspecified atom stereocenters. The number of amides is 2. The van der Waals surface area contributed by atoms with Crippen LogP contribution in [0.1, 0.15) is 44.6 Å². The number of nitro groups is 1. The molecule has 3 rings (SSSR count). The maximum atomic E-state index is 12.7. The van der Waals surface area contributed by atoms with Crippen molar-refractivity contribution in [3.05, 3.63) is 32.7 Å². The smallest absolute Gasteiger partial charge is 0.315 e. The minimum atomic E-state index is -0.718. The van der Waals surface area contributed by atoms with Gasteiger partial charge in [-0.2, -0.15) is 0 Å². The lowest BCUT2D eigenvalue weighted by Crippen LogP contribution is -2.34. The number of nitrogens with zero attached hydrogens (tertiary/aromatic N) is 2. The second kappa shape index (κ2) is 8.64. The van der Waals surface area contributed by atoms with E-state index in [1.54, 1.807) is 6.92 Å². The van der Waals surface area contributed by atoms with Crippen molar-refractivity contribution in [2.45, 2.75) is 39.0 Å². The number of nitro benzene ring substituents is 1. The third kappa shape index (κ3) is 4.30. The van der Waals surface area contributed by atoms with Gasteiger partial charge in [0, 0.05) is 12.6 Å². The first kappa shape index (κ1) is 20.2. The molecule has 1 aromatic carbocycles. The summed E-state index contributed by atoms with van der Waals surface area (Å²) in [5.41, 5.74) is -0.199. The molecule has 1 aromatic rings. The lowest BCUT2D eigenvalue weighted by atomic mass is 9.89. The largest absolute Gasteiger partial charge is 0.500 e.